The van der Waals surface area contributed by atoms with Crippen LogP contribution in [0.1, 0.15) is 41.4 Å². The Morgan fingerprint density at radius 2 is 1.50 bits per heavy atom. The van der Waals surface area contributed by atoms with Crippen LogP contribution in [-0.4, -0.2) is 44.9 Å². The molecule has 0 aliphatic heterocycles. The molecule has 0 unspecified atom stereocenters. The van der Waals surface area contributed by atoms with E-state index in [-0.39, 0.29) is 25.5 Å². The average molecular weight is 583 g/mol. The number of amides is 1. The number of allylic oxidation sites excluding steroid dienone is 1. The minimum Gasteiger partial charge on any atom is -0.453 e. The van der Waals surface area contributed by atoms with Crippen LogP contribution in [0, 0.1) is 6.92 Å². The second-order valence-corrected chi connectivity index (χ2v) is 10.6. The highest BCUT2D eigenvalue weighted by Gasteiger charge is 2.45. The van der Waals surface area contributed by atoms with Crippen LogP contribution in [0.5, 0.6) is 0 Å². The minimum absolute atomic E-state index is 0.0256. The van der Waals surface area contributed by atoms with Gasteiger partial charge in [0.2, 0.25) is 6.41 Å². The zero-order valence-corrected chi connectivity index (χ0v) is 24.5. The first-order valence-corrected chi connectivity index (χ1v) is 14.5. The third-order valence-electron chi connectivity index (χ3n) is 7.01. The molecule has 8 nitrogen and oxygen atoms in total. The van der Waals surface area contributed by atoms with Crippen LogP contribution in [0.2, 0.25) is 0 Å². The quantitative estimate of drug-likeness (QED) is 0.0955. The fourth-order valence-electron chi connectivity index (χ4n) is 4.85. The molecule has 1 heterocycles. The molecule has 0 fully saturated rings. The van der Waals surface area contributed by atoms with Gasteiger partial charge >= 0.3 is 5.97 Å². The molecular weight excluding hydrogens is 548 g/mol. The number of aryl methyl sites for hydroxylation is 1. The molecule has 1 aromatic heterocycles. The maximum Gasteiger partial charge on any atom is 0.326 e. The topological polar surface area (TPSA) is 119 Å². The summed E-state index contributed by atoms with van der Waals surface area (Å²) >= 11 is 1.26. The van der Waals surface area contributed by atoms with E-state index in [2.05, 4.69) is 9.97 Å². The Labute approximate surface area is 250 Å². The number of nitrogens with zero attached hydrogens (tertiary/aromatic N) is 3. The van der Waals surface area contributed by atoms with E-state index < -0.39 is 11.4 Å². The summed E-state index contributed by atoms with van der Waals surface area (Å²) in [6, 6.07) is 28.7. The fraction of sp³-hybridized carbons (Fsp3) is 0.212. The molecule has 9 heteroatoms. The molecule has 0 aliphatic carbocycles. The van der Waals surface area contributed by atoms with Gasteiger partial charge in [0.25, 0.3) is 0 Å². The van der Waals surface area contributed by atoms with Crippen molar-refractivity contribution in [2.75, 3.05) is 18.3 Å². The number of aliphatic hydroxyl groups excluding tert-OH is 1. The van der Waals surface area contributed by atoms with Crippen LogP contribution >= 0.6 is 11.8 Å². The number of aliphatic hydroxyl groups is 1. The number of rotatable bonds is 13. The average Bonchev–Trinajstić information content (AvgIpc) is 3.02. The first kappa shape index (κ1) is 30.5. The predicted molar refractivity (Wildman–Crippen MR) is 165 cm³/mol. The summed E-state index contributed by atoms with van der Waals surface area (Å²) in [4.78, 5) is 36.9. The lowest BCUT2D eigenvalue weighted by atomic mass is 9.69. The van der Waals surface area contributed by atoms with E-state index in [1.165, 1.54) is 16.7 Å². The van der Waals surface area contributed by atoms with Gasteiger partial charge in [0.05, 0.1) is 6.54 Å². The highest BCUT2D eigenvalue weighted by Crippen LogP contribution is 2.41. The Hall–Kier alpha value is -4.47. The fourth-order valence-corrected chi connectivity index (χ4v) is 5.72. The minimum atomic E-state index is -1.21. The Balaban J connectivity index is 1.64. The summed E-state index contributed by atoms with van der Waals surface area (Å²) in [7, 11) is 0. The Bertz CT molecular complexity index is 1420. The highest BCUT2D eigenvalue weighted by atomic mass is 32.2. The first-order chi connectivity index (χ1) is 20.4. The standard InChI is InChI=1S/C33H34N4O4S/c1-24(37(22-39)21-26-20-35-25(2)36-31(26)34)30(18-19-38)42-23-41-32(40)33(27-12-6-3-7-13-27,28-14-8-4-9-15-28)29-16-10-5-11-17-29/h3-17,20,22,38H,18-19,21,23H2,1-2H3,(H2,34,35,36)/b30-24-. The lowest BCUT2D eigenvalue weighted by Gasteiger charge is -2.33. The summed E-state index contributed by atoms with van der Waals surface area (Å²) < 4.78 is 6.02. The van der Waals surface area contributed by atoms with E-state index in [1.807, 2.05) is 91.0 Å². The summed E-state index contributed by atoms with van der Waals surface area (Å²) in [6.07, 6.45) is 2.57. The molecule has 3 aromatic carbocycles. The number of hydrogen-bond acceptors (Lipinski definition) is 8. The summed E-state index contributed by atoms with van der Waals surface area (Å²) in [5.74, 6) is 0.377. The van der Waals surface area contributed by atoms with Crippen molar-refractivity contribution in [3.05, 3.63) is 136 Å². The number of aromatic nitrogens is 2. The zero-order chi connectivity index (χ0) is 30.0. The molecular formula is C33H34N4O4S. The molecule has 0 bridgehead atoms. The molecule has 0 saturated carbocycles. The number of carbonyl (C=O) groups is 2. The number of benzene rings is 3. The molecule has 0 aliphatic rings. The van der Waals surface area contributed by atoms with Crippen LogP contribution in [-0.2, 0) is 26.3 Å². The highest BCUT2D eigenvalue weighted by molar-refractivity contribution is 8.02. The van der Waals surface area contributed by atoms with Gasteiger partial charge < -0.3 is 20.5 Å². The third kappa shape index (κ3) is 6.70. The molecule has 42 heavy (non-hydrogen) atoms. The number of hydrogen-bond donors (Lipinski definition) is 2. The summed E-state index contributed by atoms with van der Waals surface area (Å²) in [6.45, 7) is 3.54. The van der Waals surface area contributed by atoms with Gasteiger partial charge in [-0.2, -0.15) is 0 Å². The number of anilines is 1. The third-order valence-corrected chi connectivity index (χ3v) is 8.09. The smallest absolute Gasteiger partial charge is 0.326 e. The molecule has 0 saturated heterocycles. The maximum atomic E-state index is 14.3. The predicted octanol–water partition coefficient (Wildman–Crippen LogP) is 5.21. The van der Waals surface area contributed by atoms with Crippen molar-refractivity contribution in [2.24, 2.45) is 0 Å². The van der Waals surface area contributed by atoms with Crippen molar-refractivity contribution in [3.8, 4) is 0 Å². The molecule has 3 N–H and O–H groups in total. The Morgan fingerprint density at radius 3 is 1.95 bits per heavy atom. The van der Waals surface area contributed by atoms with Gasteiger partial charge in [0.1, 0.15) is 23.0 Å². The largest absolute Gasteiger partial charge is 0.453 e. The van der Waals surface area contributed by atoms with E-state index in [4.69, 9.17) is 10.5 Å². The van der Waals surface area contributed by atoms with Crippen molar-refractivity contribution in [3.63, 3.8) is 0 Å². The van der Waals surface area contributed by atoms with E-state index >= 15 is 0 Å². The van der Waals surface area contributed by atoms with Gasteiger partial charge in [0, 0.05) is 35.4 Å². The van der Waals surface area contributed by atoms with E-state index in [0.717, 1.165) is 16.7 Å². The number of thioether (sulfide) groups is 1. The van der Waals surface area contributed by atoms with Gasteiger partial charge in [-0.3, -0.25) is 9.59 Å². The van der Waals surface area contributed by atoms with Crippen molar-refractivity contribution in [2.45, 2.75) is 32.2 Å². The summed E-state index contributed by atoms with van der Waals surface area (Å²) in [5.41, 5.74) is 8.39. The first-order valence-electron chi connectivity index (χ1n) is 13.5. The number of esters is 1. The van der Waals surface area contributed by atoms with Crippen molar-refractivity contribution < 1.29 is 19.4 Å². The Morgan fingerprint density at radius 1 is 0.976 bits per heavy atom. The second kappa shape index (κ2) is 14.4. The number of carbonyl (C=O) groups excluding carboxylic acids is 2. The van der Waals surface area contributed by atoms with E-state index in [9.17, 15) is 14.7 Å². The lowest BCUT2D eigenvalue weighted by molar-refractivity contribution is -0.145. The number of ether oxygens (including phenoxy) is 1. The molecule has 4 aromatic rings. The molecule has 0 radical (unpaired) electrons. The van der Waals surface area contributed by atoms with Crippen molar-refractivity contribution >= 4 is 30.0 Å². The second-order valence-electron chi connectivity index (χ2n) is 9.59. The molecule has 0 atom stereocenters. The zero-order valence-electron chi connectivity index (χ0n) is 23.6. The van der Waals surface area contributed by atoms with Gasteiger partial charge in [-0.25, -0.2) is 9.97 Å². The van der Waals surface area contributed by atoms with Crippen LogP contribution in [0.25, 0.3) is 0 Å². The Kier molecular flexibility index (Phi) is 10.5. The van der Waals surface area contributed by atoms with E-state index in [1.54, 1.807) is 20.0 Å². The summed E-state index contributed by atoms with van der Waals surface area (Å²) in [5, 5.41) is 9.79. The maximum absolute atomic E-state index is 14.3. The van der Waals surface area contributed by atoms with Crippen molar-refractivity contribution in [1.82, 2.24) is 14.9 Å². The molecule has 216 valence electrons. The van der Waals surface area contributed by atoms with Gasteiger partial charge in [-0.1, -0.05) is 103 Å². The van der Waals surface area contributed by atoms with Crippen LogP contribution in [0.4, 0.5) is 5.82 Å². The normalized spacial score (nSPS) is 11.9. The van der Waals surface area contributed by atoms with Gasteiger partial charge in [-0.05, 0) is 30.5 Å². The van der Waals surface area contributed by atoms with Crippen molar-refractivity contribution in [1.29, 1.82) is 0 Å². The van der Waals surface area contributed by atoms with Crippen LogP contribution in [0.15, 0.2) is 108 Å². The van der Waals surface area contributed by atoms with Crippen LogP contribution < -0.4 is 5.73 Å². The van der Waals surface area contributed by atoms with Crippen LogP contribution in [0.3, 0.4) is 0 Å². The van der Waals surface area contributed by atoms with Gasteiger partial charge in [0.15, 0.2) is 0 Å². The van der Waals surface area contributed by atoms with Gasteiger partial charge in [-0.15, -0.1) is 0 Å². The number of nitrogens with two attached hydrogens (primary N) is 1. The van der Waals surface area contributed by atoms with E-state index in [0.29, 0.717) is 34.2 Å². The number of nitrogen functional groups attached to an aromatic ring is 1. The molecule has 0 spiro atoms. The lowest BCUT2D eigenvalue weighted by Crippen LogP contribution is -2.40. The molecule has 1 amide bonds. The molecule has 4 rings (SSSR count). The monoisotopic (exact) mass is 582 g/mol. The SMILES string of the molecule is C/C(=C(\CCO)SCOC(=O)C(c1ccccc1)(c1ccccc1)c1ccccc1)N(C=O)Cc1cnc(C)nc1N.